The molecule has 1 N–H and O–H groups in total. The van der Waals surface area contributed by atoms with Gasteiger partial charge in [-0.3, -0.25) is 14.6 Å². The quantitative estimate of drug-likeness (QED) is 0.385. The summed E-state index contributed by atoms with van der Waals surface area (Å²) in [6, 6.07) is 12.2. The van der Waals surface area contributed by atoms with Crippen molar-refractivity contribution in [3.63, 3.8) is 0 Å². The van der Waals surface area contributed by atoms with Gasteiger partial charge in [0.25, 0.3) is 5.91 Å². The molecule has 54 heavy (non-hydrogen) atoms. The second-order valence-electron chi connectivity index (χ2n) is 16.9. The van der Waals surface area contributed by atoms with Gasteiger partial charge in [0, 0.05) is 68.4 Å². The van der Waals surface area contributed by atoms with E-state index in [0.29, 0.717) is 37.2 Å². The van der Waals surface area contributed by atoms with E-state index in [1.165, 1.54) is 11.1 Å². The van der Waals surface area contributed by atoms with Crippen LogP contribution in [0.15, 0.2) is 48.6 Å². The number of benzene rings is 2. The van der Waals surface area contributed by atoms with Gasteiger partial charge in [-0.05, 0) is 112 Å². The maximum atomic E-state index is 13.7. The van der Waals surface area contributed by atoms with E-state index in [0.717, 1.165) is 108 Å². The molecule has 3 fully saturated rings. The number of piperazine rings is 1. The Balaban J connectivity index is 1.18. The van der Waals surface area contributed by atoms with Crippen molar-refractivity contribution in [1.82, 2.24) is 14.5 Å². The Bertz CT molecular complexity index is 1850. The van der Waals surface area contributed by atoms with E-state index >= 15 is 0 Å². The molecular weight excluding hydrogens is 724 g/mol. The van der Waals surface area contributed by atoms with Crippen LogP contribution in [-0.4, -0.2) is 113 Å². The van der Waals surface area contributed by atoms with Gasteiger partial charge in [0.2, 0.25) is 10.0 Å². The van der Waals surface area contributed by atoms with E-state index in [9.17, 15) is 13.2 Å². The van der Waals surface area contributed by atoms with Crippen LogP contribution in [0.4, 0.5) is 5.69 Å². The lowest BCUT2D eigenvalue weighted by atomic mass is 9.63. The predicted molar refractivity (Wildman–Crippen MR) is 212 cm³/mol. The molecule has 12 heteroatoms. The van der Waals surface area contributed by atoms with Gasteiger partial charge in [0.15, 0.2) is 0 Å². The number of hydrogen-bond acceptors (Lipinski definition) is 9. The summed E-state index contributed by atoms with van der Waals surface area (Å²) in [6.07, 6.45) is 10.2. The zero-order chi connectivity index (χ0) is 37.7. The van der Waals surface area contributed by atoms with Gasteiger partial charge >= 0.3 is 0 Å². The average molecular weight is 781 g/mol. The fraction of sp³-hybridized carbons (Fsp3) is 0.643. The number of amides is 1. The molecule has 6 aliphatic rings. The highest BCUT2D eigenvalue weighted by atomic mass is 35.5. The molecule has 4 heterocycles. The zero-order valence-electron chi connectivity index (χ0n) is 32.1. The summed E-state index contributed by atoms with van der Waals surface area (Å²) >= 11 is 6.52. The second kappa shape index (κ2) is 15.3. The summed E-state index contributed by atoms with van der Waals surface area (Å²) in [4.78, 5) is 21.3. The number of nitrogens with one attached hydrogen (secondary N) is 1. The van der Waals surface area contributed by atoms with E-state index < -0.39 is 26.8 Å². The van der Waals surface area contributed by atoms with Crippen molar-refractivity contribution in [2.75, 3.05) is 77.1 Å². The van der Waals surface area contributed by atoms with Crippen LogP contribution in [0.5, 0.6) is 5.75 Å². The molecule has 2 aromatic rings. The molecule has 8 rings (SSSR count). The summed E-state index contributed by atoms with van der Waals surface area (Å²) in [7, 11) is -3.96. The number of hydrogen-bond donors (Lipinski definition) is 1. The minimum atomic E-state index is -3.96. The molecule has 4 aliphatic heterocycles. The Hall–Kier alpha value is -2.67. The molecule has 10 nitrogen and oxygen atoms in total. The number of nitrogens with zero attached hydrogens (tertiary/aromatic N) is 3. The van der Waals surface area contributed by atoms with Gasteiger partial charge in [0.1, 0.15) is 11.4 Å². The summed E-state index contributed by atoms with van der Waals surface area (Å²) in [5.74, 6) is 0.496. The van der Waals surface area contributed by atoms with Crippen molar-refractivity contribution in [2.45, 2.75) is 81.6 Å². The number of sulfonamides is 1. The molecule has 1 amide bonds. The second-order valence-corrected chi connectivity index (χ2v) is 19.4. The number of halogens is 1. The summed E-state index contributed by atoms with van der Waals surface area (Å²) < 4.78 is 48.9. The third kappa shape index (κ3) is 7.34. The van der Waals surface area contributed by atoms with Crippen molar-refractivity contribution in [2.24, 2.45) is 17.8 Å². The van der Waals surface area contributed by atoms with Gasteiger partial charge < -0.3 is 19.1 Å². The van der Waals surface area contributed by atoms with Crippen LogP contribution in [0.3, 0.4) is 0 Å². The molecule has 2 bridgehead atoms. The molecular formula is C42H57ClN4O6S. The van der Waals surface area contributed by atoms with Gasteiger partial charge in [-0.25, -0.2) is 13.1 Å². The van der Waals surface area contributed by atoms with Crippen LogP contribution in [0.25, 0.3) is 0 Å². The molecule has 1 spiro atoms. The van der Waals surface area contributed by atoms with E-state index in [1.807, 2.05) is 25.1 Å². The third-order valence-electron chi connectivity index (χ3n) is 13.7. The highest BCUT2D eigenvalue weighted by Gasteiger charge is 2.50. The monoisotopic (exact) mass is 780 g/mol. The normalized spacial score (nSPS) is 34.0. The Morgan fingerprint density at radius 2 is 1.87 bits per heavy atom. The van der Waals surface area contributed by atoms with E-state index in [1.54, 1.807) is 13.0 Å². The zero-order valence-corrected chi connectivity index (χ0v) is 33.7. The van der Waals surface area contributed by atoms with Crippen molar-refractivity contribution in [1.29, 1.82) is 0 Å². The number of ether oxygens (including phenoxy) is 3. The Morgan fingerprint density at radius 3 is 2.59 bits per heavy atom. The molecule has 1 saturated carbocycles. The smallest absolute Gasteiger partial charge is 0.264 e. The number of allylic oxidation sites excluding steroid dienone is 1. The molecule has 294 valence electrons. The highest BCUT2D eigenvalue weighted by molar-refractivity contribution is 7.90. The first-order valence-corrected chi connectivity index (χ1v) is 22.1. The molecule has 0 radical (unpaired) electrons. The first-order valence-electron chi connectivity index (χ1n) is 20.2. The number of anilines is 1. The molecule has 2 saturated heterocycles. The molecule has 0 aromatic heterocycles. The van der Waals surface area contributed by atoms with Crippen LogP contribution in [0, 0.1) is 17.8 Å². The summed E-state index contributed by atoms with van der Waals surface area (Å²) in [5, 5.41) is -0.0278. The van der Waals surface area contributed by atoms with E-state index in [-0.39, 0.29) is 17.3 Å². The lowest BCUT2D eigenvalue weighted by Crippen LogP contribution is -2.61. The topological polar surface area (TPSA) is 101 Å². The minimum Gasteiger partial charge on any atom is -0.490 e. The molecule has 6 atom stereocenters. The van der Waals surface area contributed by atoms with Crippen LogP contribution in [-0.2, 0) is 31.3 Å². The first kappa shape index (κ1) is 38.2. The van der Waals surface area contributed by atoms with Crippen molar-refractivity contribution >= 4 is 33.2 Å². The number of carbonyl (C=O) groups excluding carboxylic acids is 1. The van der Waals surface area contributed by atoms with Crippen LogP contribution in [0.2, 0.25) is 5.02 Å². The molecule has 2 aromatic carbocycles. The van der Waals surface area contributed by atoms with Crippen LogP contribution in [0.1, 0.15) is 74.4 Å². The Labute approximate surface area is 326 Å². The number of aryl methyl sites for hydroxylation is 1. The largest absolute Gasteiger partial charge is 0.490 e. The van der Waals surface area contributed by atoms with Crippen molar-refractivity contribution in [3.8, 4) is 5.75 Å². The van der Waals surface area contributed by atoms with E-state index in [4.69, 9.17) is 25.8 Å². The van der Waals surface area contributed by atoms with E-state index in [2.05, 4.69) is 50.6 Å². The van der Waals surface area contributed by atoms with Gasteiger partial charge in [-0.2, -0.15) is 0 Å². The Morgan fingerprint density at radius 1 is 1.06 bits per heavy atom. The number of carbonyl (C=O) groups is 1. The third-order valence-corrected chi connectivity index (χ3v) is 15.8. The summed E-state index contributed by atoms with van der Waals surface area (Å²) in [6.45, 7) is 14.8. The van der Waals surface area contributed by atoms with Crippen LogP contribution < -0.4 is 14.4 Å². The fourth-order valence-corrected chi connectivity index (χ4v) is 11.5. The Kier molecular flexibility index (Phi) is 10.9. The SMILES string of the molecule is CCO[C@]1(CN2CCN(C3COC3)CC2)/C=C/CC(C)[C@@H](C)S(=O)(=O)NC(=O)c2ccc3c(c2)N(C[C@@H]2CC[C@H]21)C[C@@]1(CCCc2cc(Cl)ccc21)CO3. The lowest BCUT2D eigenvalue weighted by molar-refractivity contribution is -0.119. The standard InChI is InChI=1S/C42H57ClN4O6S/c1-4-53-42(27-45-17-19-46(20-18-45)35-24-51-25-35)16-5-7-29(2)30(3)54(49,50)44-40(48)32-10-14-39-38(22-32)47(23-33-9-12-37(33)42)26-41(28-52-39)15-6-8-31-21-34(43)11-13-36(31)41/h5,10-11,13-14,16,21-22,29-30,33,35,37H,4,6-9,12,15,17-20,23-28H2,1-3H3,(H,44,48)/b16-5+/t29?,30-,33+,37-,41+,42+/m1/s1. The predicted octanol–water partition coefficient (Wildman–Crippen LogP) is 5.68. The minimum absolute atomic E-state index is 0.218. The first-order chi connectivity index (χ1) is 26.0. The number of fused-ring (bicyclic) bond motifs is 4. The lowest BCUT2D eigenvalue weighted by Gasteiger charge is -2.53. The van der Waals surface area contributed by atoms with Gasteiger partial charge in [-0.15, -0.1) is 0 Å². The van der Waals surface area contributed by atoms with Crippen molar-refractivity contribution in [3.05, 3.63) is 70.3 Å². The average Bonchev–Trinajstić information content (AvgIpc) is 3.26. The maximum absolute atomic E-state index is 13.7. The van der Waals surface area contributed by atoms with Gasteiger partial charge in [0.05, 0.1) is 36.8 Å². The van der Waals surface area contributed by atoms with Crippen LogP contribution >= 0.6 is 11.6 Å². The number of rotatable bonds is 5. The fourth-order valence-electron chi connectivity index (χ4n) is 10.1. The van der Waals surface area contributed by atoms with Crippen molar-refractivity contribution < 1.29 is 27.4 Å². The highest BCUT2D eigenvalue weighted by Crippen LogP contribution is 2.49. The molecule has 1 unspecified atom stereocenters. The van der Waals surface area contributed by atoms with Gasteiger partial charge in [-0.1, -0.05) is 36.7 Å². The molecule has 2 aliphatic carbocycles. The summed E-state index contributed by atoms with van der Waals surface area (Å²) in [5.41, 5.74) is 2.92. The maximum Gasteiger partial charge on any atom is 0.264 e.